The Morgan fingerprint density at radius 1 is 1.21 bits per heavy atom. The van der Waals surface area contributed by atoms with Crippen LogP contribution in [0.3, 0.4) is 0 Å². The lowest BCUT2D eigenvalue weighted by Crippen LogP contribution is -2.40. The number of nitrogens with one attached hydrogen (secondary N) is 1. The van der Waals surface area contributed by atoms with Crippen molar-refractivity contribution in [3.8, 4) is 0 Å². The minimum atomic E-state index is -3.52. The minimum absolute atomic E-state index is 0.0503. The lowest BCUT2D eigenvalue weighted by atomic mass is 9.97. The second-order valence-electron chi connectivity index (χ2n) is 7.69. The molecule has 1 aliphatic heterocycles. The summed E-state index contributed by atoms with van der Waals surface area (Å²) in [6, 6.07) is 10.6. The van der Waals surface area contributed by atoms with E-state index in [4.69, 9.17) is 4.42 Å². The molecule has 1 aromatic heterocycles. The summed E-state index contributed by atoms with van der Waals surface area (Å²) in [5.74, 6) is 1.18. The third-order valence-corrected chi connectivity index (χ3v) is 6.72. The number of carbonyl (C=O) groups is 1. The van der Waals surface area contributed by atoms with Crippen LogP contribution in [0.5, 0.6) is 0 Å². The van der Waals surface area contributed by atoms with Crippen LogP contribution in [-0.2, 0) is 14.8 Å². The quantitative estimate of drug-likeness (QED) is 0.699. The van der Waals surface area contributed by atoms with Crippen molar-refractivity contribution < 1.29 is 17.6 Å². The summed E-state index contributed by atoms with van der Waals surface area (Å²) < 4.78 is 33.0. The average molecular weight is 417 g/mol. The molecule has 2 aromatic rings. The fraction of sp³-hybridized carbons (Fsp3) is 0.409. The van der Waals surface area contributed by atoms with Crippen molar-refractivity contribution in [2.75, 3.05) is 19.6 Å². The molecule has 0 bridgehead atoms. The van der Waals surface area contributed by atoms with Crippen molar-refractivity contribution in [2.24, 2.45) is 5.92 Å². The highest BCUT2D eigenvalue weighted by Gasteiger charge is 2.23. The zero-order valence-corrected chi connectivity index (χ0v) is 17.7. The number of piperidine rings is 1. The molecule has 156 valence electrons. The van der Waals surface area contributed by atoms with Crippen molar-refractivity contribution in [3.05, 3.63) is 60.1 Å². The molecule has 1 aliphatic rings. The van der Waals surface area contributed by atoms with E-state index in [1.54, 1.807) is 41.5 Å². The first-order valence-electron chi connectivity index (χ1n) is 9.95. The van der Waals surface area contributed by atoms with Crippen LogP contribution in [0.15, 0.2) is 58.1 Å². The fourth-order valence-electron chi connectivity index (χ4n) is 3.35. The first-order chi connectivity index (χ1) is 13.8. The van der Waals surface area contributed by atoms with Crippen LogP contribution in [0.2, 0.25) is 0 Å². The number of benzene rings is 1. The van der Waals surface area contributed by atoms with Gasteiger partial charge in [-0.25, -0.2) is 13.1 Å². The molecule has 6 nitrogen and oxygen atoms in total. The minimum Gasteiger partial charge on any atom is -0.465 e. The summed E-state index contributed by atoms with van der Waals surface area (Å²) in [6.45, 7) is 5.78. The van der Waals surface area contributed by atoms with Crippen LogP contribution in [0.25, 0.3) is 6.08 Å². The Morgan fingerprint density at radius 3 is 2.48 bits per heavy atom. The number of sulfonamides is 1. The van der Waals surface area contributed by atoms with E-state index in [-0.39, 0.29) is 16.7 Å². The van der Waals surface area contributed by atoms with E-state index >= 15 is 0 Å². The predicted octanol–water partition coefficient (Wildman–Crippen LogP) is 3.63. The maximum atomic E-state index is 12.5. The first kappa shape index (κ1) is 21.3. The van der Waals surface area contributed by atoms with Gasteiger partial charge >= 0.3 is 0 Å². The number of hydrogen-bond donors (Lipinski definition) is 1. The van der Waals surface area contributed by atoms with Crippen molar-refractivity contribution in [1.82, 2.24) is 9.62 Å². The standard InChI is InChI=1S/C22H28N2O4S/c1-17(2)19-5-8-21(9-6-19)29(26,27)23-16-18-11-13-24(14-12-18)22(25)10-7-20-4-3-15-28-20/h3-10,15,17-18,23H,11-14,16H2,1-2H3/b10-7+. The second-order valence-corrected chi connectivity index (χ2v) is 9.46. The molecule has 1 N–H and O–H groups in total. The molecule has 1 amide bonds. The van der Waals surface area contributed by atoms with Crippen LogP contribution in [-0.4, -0.2) is 38.9 Å². The highest BCUT2D eigenvalue weighted by molar-refractivity contribution is 7.89. The zero-order valence-electron chi connectivity index (χ0n) is 16.9. The smallest absolute Gasteiger partial charge is 0.246 e. The Balaban J connectivity index is 1.47. The number of hydrogen-bond acceptors (Lipinski definition) is 4. The molecule has 2 heterocycles. The number of likely N-dealkylation sites (tertiary alicyclic amines) is 1. The summed E-state index contributed by atoms with van der Waals surface area (Å²) in [7, 11) is -3.52. The maximum Gasteiger partial charge on any atom is 0.246 e. The van der Waals surface area contributed by atoms with Crippen LogP contribution in [0.1, 0.15) is 43.9 Å². The topological polar surface area (TPSA) is 79.6 Å². The van der Waals surface area contributed by atoms with Crippen molar-refractivity contribution in [3.63, 3.8) is 0 Å². The largest absolute Gasteiger partial charge is 0.465 e. The summed E-state index contributed by atoms with van der Waals surface area (Å²) in [5.41, 5.74) is 1.11. The van der Waals surface area contributed by atoms with Crippen LogP contribution in [0.4, 0.5) is 0 Å². The number of rotatable bonds is 7. The molecule has 0 saturated carbocycles. The molecule has 29 heavy (non-hydrogen) atoms. The zero-order chi connectivity index (χ0) is 20.9. The van der Waals surface area contributed by atoms with E-state index in [1.807, 2.05) is 12.1 Å². The second kappa shape index (κ2) is 9.41. The SMILES string of the molecule is CC(C)c1ccc(S(=O)(=O)NCC2CCN(C(=O)/C=C/c3ccco3)CC2)cc1. The van der Waals surface area contributed by atoms with E-state index in [2.05, 4.69) is 18.6 Å². The molecule has 0 radical (unpaired) electrons. The van der Waals surface area contributed by atoms with E-state index in [0.29, 0.717) is 31.3 Å². The number of amides is 1. The monoisotopic (exact) mass is 416 g/mol. The van der Waals surface area contributed by atoms with Gasteiger partial charge in [0.1, 0.15) is 5.76 Å². The first-order valence-corrected chi connectivity index (χ1v) is 11.4. The van der Waals surface area contributed by atoms with Crippen LogP contribution < -0.4 is 4.72 Å². The normalized spacial score (nSPS) is 16.0. The summed E-state index contributed by atoms with van der Waals surface area (Å²) in [5, 5.41) is 0. The van der Waals surface area contributed by atoms with Gasteiger partial charge in [0.25, 0.3) is 0 Å². The third kappa shape index (κ3) is 5.81. The van der Waals surface area contributed by atoms with Crippen LogP contribution in [0, 0.1) is 5.92 Å². The van der Waals surface area contributed by atoms with Gasteiger partial charge in [-0.2, -0.15) is 0 Å². The Morgan fingerprint density at radius 2 is 1.90 bits per heavy atom. The van der Waals surface area contributed by atoms with E-state index in [0.717, 1.165) is 18.4 Å². The molecular weight excluding hydrogens is 388 g/mol. The molecule has 1 fully saturated rings. The molecule has 0 spiro atoms. The summed E-state index contributed by atoms with van der Waals surface area (Å²) in [4.78, 5) is 14.3. The number of nitrogens with zero attached hydrogens (tertiary/aromatic N) is 1. The van der Waals surface area contributed by atoms with Gasteiger partial charge in [0.15, 0.2) is 0 Å². The highest BCUT2D eigenvalue weighted by Crippen LogP contribution is 2.20. The van der Waals surface area contributed by atoms with Crippen molar-refractivity contribution in [2.45, 2.75) is 37.5 Å². The Hall–Kier alpha value is -2.38. The molecule has 0 unspecified atom stereocenters. The van der Waals surface area contributed by atoms with E-state index in [1.165, 1.54) is 6.08 Å². The predicted molar refractivity (Wildman–Crippen MR) is 113 cm³/mol. The van der Waals surface area contributed by atoms with Gasteiger partial charge in [-0.3, -0.25) is 4.79 Å². The number of furan rings is 1. The summed E-state index contributed by atoms with van der Waals surface area (Å²) >= 11 is 0. The number of carbonyl (C=O) groups excluding carboxylic acids is 1. The lowest BCUT2D eigenvalue weighted by molar-refractivity contribution is -0.127. The van der Waals surface area contributed by atoms with E-state index in [9.17, 15) is 13.2 Å². The van der Waals surface area contributed by atoms with Gasteiger partial charge in [-0.15, -0.1) is 0 Å². The fourth-order valence-corrected chi connectivity index (χ4v) is 4.46. The maximum absolute atomic E-state index is 12.5. The van der Waals surface area contributed by atoms with Gasteiger partial charge in [-0.1, -0.05) is 26.0 Å². The van der Waals surface area contributed by atoms with Crippen LogP contribution >= 0.6 is 0 Å². The highest BCUT2D eigenvalue weighted by atomic mass is 32.2. The Labute approximate surface area is 172 Å². The van der Waals surface area contributed by atoms with Gasteiger partial charge in [0.05, 0.1) is 11.2 Å². The molecule has 1 aromatic carbocycles. The molecular formula is C22H28N2O4S. The van der Waals surface area contributed by atoms with Gasteiger partial charge in [0, 0.05) is 25.7 Å². The van der Waals surface area contributed by atoms with Crippen molar-refractivity contribution >= 4 is 22.0 Å². The molecule has 3 rings (SSSR count). The van der Waals surface area contributed by atoms with Gasteiger partial charge in [-0.05, 0) is 60.6 Å². The lowest BCUT2D eigenvalue weighted by Gasteiger charge is -2.31. The Bertz CT molecular complexity index is 924. The van der Waals surface area contributed by atoms with Crippen molar-refractivity contribution in [1.29, 1.82) is 0 Å². The molecule has 0 atom stereocenters. The molecule has 0 aliphatic carbocycles. The average Bonchev–Trinajstić information content (AvgIpc) is 3.25. The van der Waals surface area contributed by atoms with Gasteiger partial charge in [0.2, 0.25) is 15.9 Å². The third-order valence-electron chi connectivity index (χ3n) is 5.28. The summed E-state index contributed by atoms with van der Waals surface area (Å²) in [6.07, 6.45) is 6.29. The Kier molecular flexibility index (Phi) is 6.92. The molecule has 7 heteroatoms. The molecule has 1 saturated heterocycles. The van der Waals surface area contributed by atoms with Gasteiger partial charge < -0.3 is 9.32 Å². The van der Waals surface area contributed by atoms with E-state index < -0.39 is 10.0 Å².